The molecule has 5 nitrogen and oxygen atoms in total. The summed E-state index contributed by atoms with van der Waals surface area (Å²) in [5.41, 5.74) is 0.905. The van der Waals surface area contributed by atoms with Crippen LogP contribution in [0.1, 0.15) is 42.6 Å². The summed E-state index contributed by atoms with van der Waals surface area (Å²) >= 11 is 0. The number of carbonyl (C=O) groups is 2. The Morgan fingerprint density at radius 3 is 2.85 bits per heavy atom. The van der Waals surface area contributed by atoms with Crippen LogP contribution in [0.15, 0.2) is 18.2 Å². The van der Waals surface area contributed by atoms with Crippen molar-refractivity contribution in [1.29, 1.82) is 0 Å². The van der Waals surface area contributed by atoms with Gasteiger partial charge in [-0.1, -0.05) is 6.92 Å². The number of carbonyl (C=O) groups excluding carboxylic acids is 2. The molecule has 0 bridgehead atoms. The molecule has 1 unspecified atom stereocenters. The molecule has 0 aromatic heterocycles. The molecule has 1 aromatic carbocycles. The summed E-state index contributed by atoms with van der Waals surface area (Å²) < 4.78 is 0. The lowest BCUT2D eigenvalue weighted by Gasteiger charge is -2.24. The van der Waals surface area contributed by atoms with E-state index in [-0.39, 0.29) is 23.1 Å². The summed E-state index contributed by atoms with van der Waals surface area (Å²) in [5.74, 6) is 0.0424. The van der Waals surface area contributed by atoms with Crippen molar-refractivity contribution in [1.82, 2.24) is 10.6 Å². The lowest BCUT2D eigenvalue weighted by molar-refractivity contribution is -0.119. The molecular weight excluding hydrogens is 256 g/mol. The molecule has 0 spiro atoms. The summed E-state index contributed by atoms with van der Waals surface area (Å²) in [6.45, 7) is 4.25. The van der Waals surface area contributed by atoms with Crippen LogP contribution in [-0.4, -0.2) is 29.0 Å². The Balaban J connectivity index is 2.00. The topological polar surface area (TPSA) is 78.4 Å². The first-order valence-electron chi connectivity index (χ1n) is 6.84. The smallest absolute Gasteiger partial charge is 0.251 e. The quantitative estimate of drug-likeness (QED) is 0.777. The molecule has 1 aromatic rings. The zero-order chi connectivity index (χ0) is 14.8. The zero-order valence-electron chi connectivity index (χ0n) is 11.8. The van der Waals surface area contributed by atoms with Gasteiger partial charge >= 0.3 is 0 Å². The number of aryl methyl sites for hydroxylation is 1. The van der Waals surface area contributed by atoms with E-state index in [9.17, 15) is 14.7 Å². The molecule has 5 heteroatoms. The number of phenolic OH excluding ortho intramolecular Hbond substituents is 1. The molecule has 1 fully saturated rings. The minimum Gasteiger partial charge on any atom is -0.508 e. The summed E-state index contributed by atoms with van der Waals surface area (Å²) in [6.07, 6.45) is 1.90. The maximum absolute atomic E-state index is 12.1. The molecule has 0 aliphatic carbocycles. The molecule has 1 heterocycles. The number of amides is 2. The number of phenols is 1. The Bertz CT molecular complexity index is 542. The highest BCUT2D eigenvalue weighted by atomic mass is 16.3. The van der Waals surface area contributed by atoms with E-state index >= 15 is 0 Å². The molecule has 1 saturated heterocycles. The van der Waals surface area contributed by atoms with E-state index in [1.54, 1.807) is 12.1 Å². The average Bonchev–Trinajstić information content (AvgIpc) is 2.77. The van der Waals surface area contributed by atoms with Gasteiger partial charge in [0, 0.05) is 18.5 Å². The van der Waals surface area contributed by atoms with Crippen LogP contribution in [0.4, 0.5) is 0 Å². The number of rotatable bonds is 4. The molecule has 3 N–H and O–H groups in total. The van der Waals surface area contributed by atoms with Crippen LogP contribution < -0.4 is 10.6 Å². The largest absolute Gasteiger partial charge is 0.508 e. The first-order valence-corrected chi connectivity index (χ1v) is 6.84. The third kappa shape index (κ3) is 3.10. The molecule has 1 aliphatic rings. The van der Waals surface area contributed by atoms with Crippen LogP contribution in [0, 0.1) is 0 Å². The first-order chi connectivity index (χ1) is 9.43. The lowest BCUT2D eigenvalue weighted by atomic mass is 10.00. The molecule has 108 valence electrons. The van der Waals surface area contributed by atoms with Crippen molar-refractivity contribution in [3.63, 3.8) is 0 Å². The predicted octanol–water partition coefficient (Wildman–Crippen LogP) is 1.35. The highest BCUT2D eigenvalue weighted by molar-refractivity contribution is 5.94. The highest BCUT2D eigenvalue weighted by Gasteiger charge is 2.33. The van der Waals surface area contributed by atoms with Gasteiger partial charge in [-0.15, -0.1) is 0 Å². The highest BCUT2D eigenvalue weighted by Crippen LogP contribution is 2.20. The van der Waals surface area contributed by atoms with Gasteiger partial charge in [0.05, 0.1) is 5.54 Å². The lowest BCUT2D eigenvalue weighted by Crippen LogP contribution is -2.48. The normalized spacial score (nSPS) is 21.6. The monoisotopic (exact) mass is 276 g/mol. The predicted molar refractivity (Wildman–Crippen MR) is 75.6 cm³/mol. The van der Waals surface area contributed by atoms with Crippen molar-refractivity contribution in [3.8, 4) is 5.75 Å². The van der Waals surface area contributed by atoms with Crippen LogP contribution in [-0.2, 0) is 11.2 Å². The second-order valence-corrected chi connectivity index (χ2v) is 5.49. The number of hydrogen-bond acceptors (Lipinski definition) is 3. The van der Waals surface area contributed by atoms with Crippen molar-refractivity contribution < 1.29 is 14.7 Å². The van der Waals surface area contributed by atoms with E-state index in [4.69, 9.17) is 0 Å². The van der Waals surface area contributed by atoms with Gasteiger partial charge in [-0.05, 0) is 43.5 Å². The molecule has 0 saturated carbocycles. The fraction of sp³-hybridized carbons (Fsp3) is 0.467. The zero-order valence-corrected chi connectivity index (χ0v) is 11.8. The van der Waals surface area contributed by atoms with Gasteiger partial charge in [0.15, 0.2) is 0 Å². The molecule has 2 amide bonds. The van der Waals surface area contributed by atoms with Crippen molar-refractivity contribution >= 4 is 11.8 Å². The fourth-order valence-electron chi connectivity index (χ4n) is 2.37. The number of aromatic hydroxyl groups is 1. The fourth-order valence-corrected chi connectivity index (χ4v) is 2.37. The van der Waals surface area contributed by atoms with Gasteiger partial charge in [-0.3, -0.25) is 9.59 Å². The van der Waals surface area contributed by atoms with Crippen LogP contribution in [0.3, 0.4) is 0 Å². The Morgan fingerprint density at radius 2 is 2.25 bits per heavy atom. The van der Waals surface area contributed by atoms with Crippen LogP contribution >= 0.6 is 0 Å². The minimum absolute atomic E-state index is 0.0275. The van der Waals surface area contributed by atoms with Gasteiger partial charge in [0.25, 0.3) is 5.91 Å². The number of nitrogens with one attached hydrogen (secondary N) is 2. The summed E-state index contributed by atoms with van der Waals surface area (Å²) in [4.78, 5) is 23.3. The van der Waals surface area contributed by atoms with E-state index in [0.717, 1.165) is 12.0 Å². The van der Waals surface area contributed by atoms with E-state index in [2.05, 4.69) is 10.6 Å². The van der Waals surface area contributed by atoms with Gasteiger partial charge in [0.1, 0.15) is 5.75 Å². The molecule has 2 rings (SSSR count). The Hall–Kier alpha value is -2.04. The molecular formula is C15H20N2O3. The summed E-state index contributed by atoms with van der Waals surface area (Å²) in [6, 6.07) is 4.83. The van der Waals surface area contributed by atoms with Crippen molar-refractivity contribution in [2.45, 2.75) is 38.6 Å². The van der Waals surface area contributed by atoms with E-state index in [1.165, 1.54) is 6.07 Å². The molecule has 20 heavy (non-hydrogen) atoms. The van der Waals surface area contributed by atoms with Crippen molar-refractivity contribution in [3.05, 3.63) is 29.3 Å². The molecule has 1 aliphatic heterocycles. The Kier molecular flexibility index (Phi) is 3.97. The summed E-state index contributed by atoms with van der Waals surface area (Å²) in [5, 5.41) is 15.3. The van der Waals surface area contributed by atoms with Crippen LogP contribution in [0.5, 0.6) is 5.75 Å². The van der Waals surface area contributed by atoms with Crippen LogP contribution in [0.2, 0.25) is 0 Å². The van der Waals surface area contributed by atoms with Gasteiger partial charge in [-0.25, -0.2) is 0 Å². The standard InChI is InChI=1S/C15H20N2O3/c1-3-10-8-11(4-5-12(10)18)14(20)16-9-15(2)7-6-13(19)17-15/h4-5,8,18H,3,6-7,9H2,1-2H3,(H,16,20)(H,17,19). The average molecular weight is 276 g/mol. The second-order valence-electron chi connectivity index (χ2n) is 5.49. The van der Waals surface area contributed by atoms with E-state index in [1.807, 2.05) is 13.8 Å². The number of benzene rings is 1. The van der Waals surface area contributed by atoms with Crippen LogP contribution in [0.25, 0.3) is 0 Å². The van der Waals surface area contributed by atoms with Crippen molar-refractivity contribution in [2.24, 2.45) is 0 Å². The Labute approximate surface area is 118 Å². The van der Waals surface area contributed by atoms with Gasteiger partial charge in [0.2, 0.25) is 5.91 Å². The minimum atomic E-state index is -0.364. The third-order valence-electron chi connectivity index (χ3n) is 3.71. The first kappa shape index (κ1) is 14.4. The van der Waals surface area contributed by atoms with Gasteiger partial charge < -0.3 is 15.7 Å². The van der Waals surface area contributed by atoms with Crippen molar-refractivity contribution in [2.75, 3.05) is 6.54 Å². The maximum Gasteiger partial charge on any atom is 0.251 e. The maximum atomic E-state index is 12.1. The SMILES string of the molecule is CCc1cc(C(=O)NCC2(C)CCC(=O)N2)ccc1O. The van der Waals surface area contributed by atoms with E-state index < -0.39 is 0 Å². The summed E-state index contributed by atoms with van der Waals surface area (Å²) in [7, 11) is 0. The molecule has 1 atom stereocenters. The van der Waals surface area contributed by atoms with E-state index in [0.29, 0.717) is 24.9 Å². The Morgan fingerprint density at radius 1 is 1.50 bits per heavy atom. The number of hydrogen-bond donors (Lipinski definition) is 3. The molecule has 0 radical (unpaired) electrons. The second kappa shape index (κ2) is 5.53. The van der Waals surface area contributed by atoms with Gasteiger partial charge in [-0.2, -0.15) is 0 Å². The third-order valence-corrected chi connectivity index (χ3v) is 3.71.